The number of hydrogen-bond acceptors (Lipinski definition) is 3. The molecule has 21 heavy (non-hydrogen) atoms. The summed E-state index contributed by atoms with van der Waals surface area (Å²) in [6, 6.07) is 4.78. The van der Waals surface area contributed by atoms with E-state index in [1.54, 1.807) is 6.92 Å². The van der Waals surface area contributed by atoms with Crippen molar-refractivity contribution in [2.45, 2.75) is 17.3 Å². The fraction of sp³-hybridized carbons (Fsp3) is 0.333. The molecule has 1 rings (SSSR count). The average molecular weight is 321 g/mol. The largest absolute Gasteiger partial charge is 0.446 e. The molecular formula is C12H14F3N3O2S. The van der Waals surface area contributed by atoms with E-state index in [9.17, 15) is 22.8 Å². The Morgan fingerprint density at radius 3 is 2.48 bits per heavy atom. The van der Waals surface area contributed by atoms with Gasteiger partial charge in [0.25, 0.3) is 0 Å². The Morgan fingerprint density at radius 1 is 1.19 bits per heavy atom. The van der Waals surface area contributed by atoms with Crippen molar-refractivity contribution in [3.8, 4) is 0 Å². The molecule has 0 aromatic heterocycles. The molecule has 0 saturated heterocycles. The molecule has 1 aromatic carbocycles. The van der Waals surface area contributed by atoms with E-state index in [2.05, 4.69) is 16.0 Å². The number of likely N-dealkylation sites (N-methyl/N-ethyl adjacent to an activating group) is 1. The number of amides is 3. The topological polar surface area (TPSA) is 70.2 Å². The molecule has 116 valence electrons. The summed E-state index contributed by atoms with van der Waals surface area (Å²) in [5.74, 6) is -0.384. The summed E-state index contributed by atoms with van der Waals surface area (Å²) >= 11 is -0.320. The van der Waals surface area contributed by atoms with Crippen LogP contribution in [0.15, 0.2) is 29.2 Å². The summed E-state index contributed by atoms with van der Waals surface area (Å²) in [5.41, 5.74) is -4.43. The van der Waals surface area contributed by atoms with Crippen molar-refractivity contribution in [3.63, 3.8) is 0 Å². The summed E-state index contributed by atoms with van der Waals surface area (Å²) in [6.45, 7) is 1.89. The third-order valence-corrected chi connectivity index (χ3v) is 2.95. The first-order valence-corrected chi connectivity index (χ1v) is 6.80. The lowest BCUT2D eigenvalue weighted by Crippen LogP contribution is -2.38. The van der Waals surface area contributed by atoms with Crippen molar-refractivity contribution in [1.29, 1.82) is 0 Å². The number of benzene rings is 1. The van der Waals surface area contributed by atoms with E-state index in [1.165, 1.54) is 24.3 Å². The summed E-state index contributed by atoms with van der Waals surface area (Å²) in [4.78, 5) is 22.6. The number of carbonyl (C=O) groups excluding carboxylic acids is 2. The minimum absolute atomic E-state index is 0.0215. The maximum absolute atomic E-state index is 12.4. The van der Waals surface area contributed by atoms with Gasteiger partial charge in [-0.05, 0) is 30.8 Å². The van der Waals surface area contributed by atoms with Crippen molar-refractivity contribution in [2.75, 3.05) is 18.4 Å². The molecule has 3 amide bonds. The standard InChI is InChI=1S/C12H14F3N3O2S/c1-2-16-10(19)7-17-11(20)18-8-5-3-4-6-9(8)21-12(13,14)15/h3-6H,2,7H2,1H3,(H,16,19)(H2,17,18,20). The quantitative estimate of drug-likeness (QED) is 0.730. The van der Waals surface area contributed by atoms with E-state index in [4.69, 9.17) is 0 Å². The van der Waals surface area contributed by atoms with Crippen molar-refractivity contribution in [2.24, 2.45) is 0 Å². The first-order chi connectivity index (χ1) is 9.81. The zero-order chi connectivity index (χ0) is 15.9. The average Bonchev–Trinajstić information content (AvgIpc) is 2.37. The van der Waals surface area contributed by atoms with Crippen LogP contribution >= 0.6 is 11.8 Å². The molecule has 0 atom stereocenters. The Labute approximate surface area is 123 Å². The van der Waals surface area contributed by atoms with Crippen LogP contribution in [0.4, 0.5) is 23.7 Å². The fourth-order valence-electron chi connectivity index (χ4n) is 1.37. The maximum Gasteiger partial charge on any atom is 0.446 e. The third-order valence-electron chi connectivity index (χ3n) is 2.14. The van der Waals surface area contributed by atoms with E-state index in [0.717, 1.165) is 0 Å². The van der Waals surface area contributed by atoms with Crippen molar-refractivity contribution < 1.29 is 22.8 Å². The summed E-state index contributed by atoms with van der Waals surface area (Å²) in [6.07, 6.45) is 0. The number of alkyl halides is 3. The van der Waals surface area contributed by atoms with Gasteiger partial charge < -0.3 is 16.0 Å². The van der Waals surface area contributed by atoms with E-state index in [1.807, 2.05) is 0 Å². The predicted molar refractivity (Wildman–Crippen MR) is 74.1 cm³/mol. The molecule has 0 unspecified atom stereocenters. The molecule has 0 aliphatic heterocycles. The van der Waals surface area contributed by atoms with Gasteiger partial charge in [-0.2, -0.15) is 13.2 Å². The number of rotatable bonds is 5. The Bertz CT molecular complexity index is 509. The predicted octanol–water partition coefficient (Wildman–Crippen LogP) is 2.56. The minimum Gasteiger partial charge on any atom is -0.355 e. The number of carbonyl (C=O) groups is 2. The van der Waals surface area contributed by atoms with E-state index < -0.39 is 11.5 Å². The molecule has 0 bridgehead atoms. The number of halogens is 3. The van der Waals surface area contributed by atoms with Gasteiger partial charge in [-0.3, -0.25) is 4.79 Å². The third kappa shape index (κ3) is 6.89. The molecule has 9 heteroatoms. The van der Waals surface area contributed by atoms with Crippen LogP contribution < -0.4 is 16.0 Å². The molecule has 0 fully saturated rings. The zero-order valence-corrected chi connectivity index (χ0v) is 11.9. The molecule has 0 heterocycles. The van der Waals surface area contributed by atoms with Gasteiger partial charge in [0.15, 0.2) is 0 Å². The van der Waals surface area contributed by atoms with Gasteiger partial charge >= 0.3 is 11.5 Å². The van der Waals surface area contributed by atoms with Gasteiger partial charge in [0, 0.05) is 11.4 Å². The Hall–Kier alpha value is -1.90. The van der Waals surface area contributed by atoms with Crippen LogP contribution in [0.5, 0.6) is 0 Å². The lowest BCUT2D eigenvalue weighted by molar-refractivity contribution is -0.119. The smallest absolute Gasteiger partial charge is 0.355 e. The van der Waals surface area contributed by atoms with Crippen molar-refractivity contribution >= 4 is 29.4 Å². The Kier molecular flexibility index (Phi) is 6.35. The summed E-state index contributed by atoms with van der Waals surface area (Å²) in [7, 11) is 0. The highest BCUT2D eigenvalue weighted by molar-refractivity contribution is 8.00. The van der Waals surface area contributed by atoms with Gasteiger partial charge in [-0.25, -0.2) is 4.79 Å². The summed E-state index contributed by atoms with van der Waals surface area (Å²) < 4.78 is 37.1. The van der Waals surface area contributed by atoms with Crippen molar-refractivity contribution in [3.05, 3.63) is 24.3 Å². The van der Waals surface area contributed by atoms with Crippen LogP contribution in [0.3, 0.4) is 0 Å². The molecule has 3 N–H and O–H groups in total. The molecule has 0 aliphatic carbocycles. The first kappa shape index (κ1) is 17.2. The zero-order valence-electron chi connectivity index (χ0n) is 11.1. The molecule has 5 nitrogen and oxygen atoms in total. The Morgan fingerprint density at radius 2 is 1.86 bits per heavy atom. The molecule has 0 radical (unpaired) electrons. The second kappa shape index (κ2) is 7.77. The first-order valence-electron chi connectivity index (χ1n) is 5.98. The number of thioether (sulfide) groups is 1. The second-order valence-corrected chi connectivity index (χ2v) is 4.91. The number of anilines is 1. The lowest BCUT2D eigenvalue weighted by Gasteiger charge is -2.12. The highest BCUT2D eigenvalue weighted by Crippen LogP contribution is 2.40. The number of para-hydroxylation sites is 1. The van der Waals surface area contributed by atoms with E-state index in [-0.39, 0.29) is 34.8 Å². The number of hydrogen-bond donors (Lipinski definition) is 3. The molecule has 1 aromatic rings. The summed E-state index contributed by atoms with van der Waals surface area (Å²) in [5, 5.41) is 7.01. The van der Waals surface area contributed by atoms with E-state index in [0.29, 0.717) is 6.54 Å². The number of nitrogens with one attached hydrogen (secondary N) is 3. The van der Waals surface area contributed by atoms with Crippen LogP contribution in [-0.4, -0.2) is 30.5 Å². The maximum atomic E-state index is 12.4. The highest BCUT2D eigenvalue weighted by atomic mass is 32.2. The normalized spacial score (nSPS) is 10.9. The highest BCUT2D eigenvalue weighted by Gasteiger charge is 2.30. The van der Waals surface area contributed by atoms with Crippen molar-refractivity contribution in [1.82, 2.24) is 10.6 Å². The molecule has 0 spiro atoms. The molecule has 0 saturated carbocycles. The van der Waals surface area contributed by atoms with Gasteiger partial charge in [0.05, 0.1) is 12.2 Å². The number of urea groups is 1. The van der Waals surface area contributed by atoms with Crippen LogP contribution in [0.25, 0.3) is 0 Å². The lowest BCUT2D eigenvalue weighted by atomic mass is 10.3. The van der Waals surface area contributed by atoms with E-state index >= 15 is 0 Å². The van der Waals surface area contributed by atoms with Crippen LogP contribution in [0.1, 0.15) is 6.92 Å². The Balaban J connectivity index is 2.62. The van der Waals surface area contributed by atoms with Gasteiger partial charge in [-0.1, -0.05) is 12.1 Å². The van der Waals surface area contributed by atoms with Crippen LogP contribution in [0, 0.1) is 0 Å². The molecule has 0 aliphatic rings. The van der Waals surface area contributed by atoms with Gasteiger partial charge in [-0.15, -0.1) is 0 Å². The van der Waals surface area contributed by atoms with Crippen LogP contribution in [0.2, 0.25) is 0 Å². The fourth-order valence-corrected chi connectivity index (χ4v) is 2.00. The van der Waals surface area contributed by atoms with Gasteiger partial charge in [0.2, 0.25) is 5.91 Å². The van der Waals surface area contributed by atoms with Gasteiger partial charge in [0.1, 0.15) is 0 Å². The SMILES string of the molecule is CCNC(=O)CNC(=O)Nc1ccccc1SC(F)(F)F. The minimum atomic E-state index is -4.45. The monoisotopic (exact) mass is 321 g/mol. The molecular weight excluding hydrogens is 307 g/mol. The second-order valence-electron chi connectivity index (χ2n) is 3.81. The van der Waals surface area contributed by atoms with Crippen LogP contribution in [-0.2, 0) is 4.79 Å².